The zero-order chi connectivity index (χ0) is 11.4. The first kappa shape index (κ1) is 11.6. The molecule has 0 bridgehead atoms. The van der Waals surface area contributed by atoms with Gasteiger partial charge in [0.15, 0.2) is 0 Å². The maximum atomic E-state index is 5.36. The molecule has 0 amide bonds. The Hall–Kier alpha value is -0.840. The van der Waals surface area contributed by atoms with Crippen molar-refractivity contribution in [3.05, 3.63) is 38.7 Å². The van der Waals surface area contributed by atoms with Gasteiger partial charge in [0.25, 0.3) is 0 Å². The molecule has 0 saturated carbocycles. The van der Waals surface area contributed by atoms with Crippen LogP contribution in [0.1, 0.15) is 16.5 Å². The number of hydrogen-bond donors (Lipinski definition) is 1. The minimum absolute atomic E-state index is 0.338. The number of nitrogens with one attached hydrogen (secondary N) is 1. The number of thiophene rings is 2. The van der Waals surface area contributed by atoms with Gasteiger partial charge in [-0.25, -0.2) is 0 Å². The smallest absolute Gasteiger partial charge is 0.134 e. The van der Waals surface area contributed by atoms with E-state index in [0.717, 1.165) is 12.2 Å². The summed E-state index contributed by atoms with van der Waals surface area (Å²) in [6.07, 6.45) is 1.01. The Morgan fingerprint density at radius 2 is 2.25 bits per heavy atom. The highest BCUT2D eigenvalue weighted by atomic mass is 32.1. The summed E-state index contributed by atoms with van der Waals surface area (Å²) in [4.78, 5) is 1.27. The van der Waals surface area contributed by atoms with Crippen molar-refractivity contribution in [2.75, 3.05) is 14.2 Å². The fourth-order valence-electron chi connectivity index (χ4n) is 1.70. The van der Waals surface area contributed by atoms with Crippen LogP contribution in [0.2, 0.25) is 0 Å². The third kappa shape index (κ3) is 2.45. The number of rotatable bonds is 5. The van der Waals surface area contributed by atoms with Crippen molar-refractivity contribution in [1.29, 1.82) is 0 Å². The molecule has 1 N–H and O–H groups in total. The van der Waals surface area contributed by atoms with E-state index in [4.69, 9.17) is 4.74 Å². The lowest BCUT2D eigenvalue weighted by molar-refractivity contribution is 0.405. The summed E-state index contributed by atoms with van der Waals surface area (Å²) >= 11 is 3.49. The lowest BCUT2D eigenvalue weighted by Gasteiger charge is -2.15. The SMILES string of the molecule is CNC(Cc1ccsc1)c1sccc1OC. The van der Waals surface area contributed by atoms with Gasteiger partial charge < -0.3 is 10.1 Å². The second-order valence-electron chi connectivity index (χ2n) is 3.53. The first-order valence-electron chi connectivity index (χ1n) is 5.15. The molecule has 0 aliphatic heterocycles. The van der Waals surface area contributed by atoms with Gasteiger partial charge in [0.1, 0.15) is 5.75 Å². The molecule has 0 saturated heterocycles. The standard InChI is InChI=1S/C12H15NOS2/c1-13-10(7-9-3-5-15-8-9)12-11(14-2)4-6-16-12/h3-6,8,10,13H,7H2,1-2H3. The topological polar surface area (TPSA) is 21.3 Å². The molecule has 0 fully saturated rings. The highest BCUT2D eigenvalue weighted by Gasteiger charge is 2.16. The molecule has 2 nitrogen and oxygen atoms in total. The molecule has 0 spiro atoms. The van der Waals surface area contributed by atoms with E-state index in [1.807, 2.05) is 13.1 Å². The van der Waals surface area contributed by atoms with Crippen LogP contribution in [0.5, 0.6) is 5.75 Å². The van der Waals surface area contributed by atoms with E-state index in [2.05, 4.69) is 27.5 Å². The maximum Gasteiger partial charge on any atom is 0.134 e. The van der Waals surface area contributed by atoms with Gasteiger partial charge in [0, 0.05) is 6.04 Å². The third-order valence-corrected chi connectivity index (χ3v) is 4.31. The van der Waals surface area contributed by atoms with Crippen LogP contribution in [0.15, 0.2) is 28.3 Å². The molecular formula is C12H15NOS2. The fourth-order valence-corrected chi connectivity index (χ4v) is 3.35. The van der Waals surface area contributed by atoms with E-state index in [0.29, 0.717) is 6.04 Å². The normalized spacial score (nSPS) is 12.6. The summed E-state index contributed by atoms with van der Waals surface area (Å²) in [5.41, 5.74) is 1.37. The van der Waals surface area contributed by atoms with Crippen LogP contribution in [-0.4, -0.2) is 14.2 Å². The lowest BCUT2D eigenvalue weighted by Crippen LogP contribution is -2.18. The summed E-state index contributed by atoms with van der Waals surface area (Å²) in [6, 6.07) is 4.54. The minimum Gasteiger partial charge on any atom is -0.496 e. The Labute approximate surface area is 104 Å². The molecule has 86 valence electrons. The highest BCUT2D eigenvalue weighted by Crippen LogP contribution is 2.32. The van der Waals surface area contributed by atoms with Crippen molar-refractivity contribution < 1.29 is 4.74 Å². The molecule has 2 aromatic rings. The van der Waals surface area contributed by atoms with Crippen LogP contribution in [-0.2, 0) is 6.42 Å². The predicted octanol–water partition coefficient (Wildman–Crippen LogP) is 3.32. The zero-order valence-corrected chi connectivity index (χ0v) is 11.0. The van der Waals surface area contributed by atoms with Crippen LogP contribution >= 0.6 is 22.7 Å². The Morgan fingerprint density at radius 3 is 2.88 bits per heavy atom. The van der Waals surface area contributed by atoms with Gasteiger partial charge in [0.05, 0.1) is 12.0 Å². The molecule has 1 unspecified atom stereocenters. The second-order valence-corrected chi connectivity index (χ2v) is 5.26. The van der Waals surface area contributed by atoms with Crippen molar-refractivity contribution in [1.82, 2.24) is 5.32 Å². The largest absolute Gasteiger partial charge is 0.496 e. The van der Waals surface area contributed by atoms with Crippen molar-refractivity contribution in [3.8, 4) is 5.75 Å². The molecule has 2 aromatic heterocycles. The predicted molar refractivity (Wildman–Crippen MR) is 70.7 cm³/mol. The van der Waals surface area contributed by atoms with Crippen LogP contribution in [0.25, 0.3) is 0 Å². The monoisotopic (exact) mass is 253 g/mol. The van der Waals surface area contributed by atoms with E-state index in [1.165, 1.54) is 10.4 Å². The average molecular weight is 253 g/mol. The summed E-state index contributed by atoms with van der Waals surface area (Å²) in [5.74, 6) is 0.986. The molecule has 0 aliphatic rings. The summed E-state index contributed by atoms with van der Waals surface area (Å²) < 4.78 is 5.36. The highest BCUT2D eigenvalue weighted by molar-refractivity contribution is 7.10. The fraction of sp³-hybridized carbons (Fsp3) is 0.333. The lowest BCUT2D eigenvalue weighted by atomic mass is 10.1. The second kappa shape index (κ2) is 5.48. The van der Waals surface area contributed by atoms with Crippen molar-refractivity contribution in [2.24, 2.45) is 0 Å². The zero-order valence-electron chi connectivity index (χ0n) is 9.40. The Bertz CT molecular complexity index is 422. The molecule has 0 aromatic carbocycles. The van der Waals surface area contributed by atoms with Gasteiger partial charge in [-0.05, 0) is 47.3 Å². The summed E-state index contributed by atoms with van der Waals surface area (Å²) in [5, 5.41) is 9.75. The van der Waals surface area contributed by atoms with E-state index in [-0.39, 0.29) is 0 Å². The quantitative estimate of drug-likeness (QED) is 0.882. The molecule has 1 atom stereocenters. The average Bonchev–Trinajstić information content (AvgIpc) is 2.96. The van der Waals surface area contributed by atoms with Gasteiger partial charge in [0.2, 0.25) is 0 Å². The van der Waals surface area contributed by atoms with Gasteiger partial charge in [-0.3, -0.25) is 0 Å². The summed E-state index contributed by atoms with van der Waals surface area (Å²) in [7, 11) is 3.72. The molecule has 0 radical (unpaired) electrons. The van der Waals surface area contributed by atoms with Gasteiger partial charge in [-0.1, -0.05) is 0 Å². The third-order valence-electron chi connectivity index (χ3n) is 2.56. The van der Waals surface area contributed by atoms with E-state index >= 15 is 0 Å². The number of ether oxygens (including phenoxy) is 1. The molecule has 16 heavy (non-hydrogen) atoms. The molecule has 2 rings (SSSR count). The van der Waals surface area contributed by atoms with E-state index in [9.17, 15) is 0 Å². The van der Waals surface area contributed by atoms with Crippen LogP contribution in [0.3, 0.4) is 0 Å². The molecule has 4 heteroatoms. The van der Waals surface area contributed by atoms with Crippen molar-refractivity contribution in [3.63, 3.8) is 0 Å². The number of likely N-dealkylation sites (N-methyl/N-ethyl adjacent to an activating group) is 1. The van der Waals surface area contributed by atoms with Crippen LogP contribution < -0.4 is 10.1 Å². The van der Waals surface area contributed by atoms with Gasteiger partial charge in [-0.15, -0.1) is 11.3 Å². The van der Waals surface area contributed by atoms with Crippen molar-refractivity contribution in [2.45, 2.75) is 12.5 Å². The maximum absolute atomic E-state index is 5.36. The van der Waals surface area contributed by atoms with E-state index < -0.39 is 0 Å². The van der Waals surface area contributed by atoms with Crippen LogP contribution in [0, 0.1) is 0 Å². The minimum atomic E-state index is 0.338. The van der Waals surface area contributed by atoms with Crippen molar-refractivity contribution >= 4 is 22.7 Å². The van der Waals surface area contributed by atoms with Gasteiger partial charge in [-0.2, -0.15) is 11.3 Å². The number of hydrogen-bond acceptors (Lipinski definition) is 4. The summed E-state index contributed by atoms with van der Waals surface area (Å²) in [6.45, 7) is 0. The molecule has 2 heterocycles. The number of methoxy groups -OCH3 is 1. The van der Waals surface area contributed by atoms with E-state index in [1.54, 1.807) is 29.8 Å². The molecular weight excluding hydrogens is 238 g/mol. The molecule has 0 aliphatic carbocycles. The van der Waals surface area contributed by atoms with Crippen LogP contribution in [0.4, 0.5) is 0 Å². The van der Waals surface area contributed by atoms with Gasteiger partial charge >= 0.3 is 0 Å². The Kier molecular flexibility index (Phi) is 3.98. The Morgan fingerprint density at radius 1 is 1.38 bits per heavy atom. The first-order valence-corrected chi connectivity index (χ1v) is 6.97. The first-order chi connectivity index (χ1) is 7.85. The Balaban J connectivity index is 2.16.